The van der Waals surface area contributed by atoms with Crippen molar-refractivity contribution in [3.63, 3.8) is 0 Å². The van der Waals surface area contributed by atoms with Crippen molar-refractivity contribution in [1.29, 1.82) is 0 Å². The highest BCUT2D eigenvalue weighted by Gasteiger charge is 2.27. The van der Waals surface area contributed by atoms with E-state index in [0.29, 0.717) is 13.1 Å². The maximum Gasteiger partial charge on any atom is 0.225 e. The van der Waals surface area contributed by atoms with E-state index in [0.717, 1.165) is 30.0 Å². The van der Waals surface area contributed by atoms with Crippen molar-refractivity contribution in [2.24, 2.45) is 5.92 Å². The fraction of sp³-hybridized carbons (Fsp3) is 0.333. The van der Waals surface area contributed by atoms with Gasteiger partial charge >= 0.3 is 0 Å². The Bertz CT molecular complexity index is 813. The lowest BCUT2D eigenvalue weighted by Crippen LogP contribution is -2.36. The minimum absolute atomic E-state index is 0.0523. The molecule has 0 bridgehead atoms. The summed E-state index contributed by atoms with van der Waals surface area (Å²) in [6.45, 7) is 3.20. The maximum absolute atomic E-state index is 12.1. The number of hydrogen-bond donors (Lipinski definition) is 3. The van der Waals surface area contributed by atoms with Gasteiger partial charge in [0.2, 0.25) is 11.8 Å². The number of nitrogens with zero attached hydrogens (tertiary/aromatic N) is 1. The molecule has 1 unspecified atom stereocenters. The Labute approximate surface area is 158 Å². The average molecular weight is 364 g/mol. The van der Waals surface area contributed by atoms with Gasteiger partial charge < -0.3 is 20.9 Å². The Morgan fingerprint density at radius 2 is 1.70 bits per heavy atom. The normalized spacial score (nSPS) is 18.6. The molecule has 2 heterocycles. The summed E-state index contributed by atoms with van der Waals surface area (Å²) < 4.78 is 0. The summed E-state index contributed by atoms with van der Waals surface area (Å²) in [4.78, 5) is 25.6. The third-order valence-corrected chi connectivity index (χ3v) is 5.15. The Morgan fingerprint density at radius 1 is 1.04 bits per heavy atom. The van der Waals surface area contributed by atoms with E-state index >= 15 is 0 Å². The number of benzene rings is 2. The first-order chi connectivity index (χ1) is 13.2. The van der Waals surface area contributed by atoms with Gasteiger partial charge in [0.25, 0.3) is 0 Å². The minimum Gasteiger partial charge on any atom is -0.371 e. The molecule has 6 nitrogen and oxygen atoms in total. The smallest absolute Gasteiger partial charge is 0.225 e. The lowest BCUT2D eigenvalue weighted by atomic mass is 10.1. The molecule has 2 aromatic carbocycles. The fourth-order valence-electron chi connectivity index (χ4n) is 3.33. The van der Waals surface area contributed by atoms with E-state index < -0.39 is 0 Å². The van der Waals surface area contributed by atoms with Gasteiger partial charge in [-0.15, -0.1) is 0 Å². The average Bonchev–Trinajstić information content (AvgIpc) is 3.08. The van der Waals surface area contributed by atoms with Gasteiger partial charge in [-0.3, -0.25) is 9.59 Å². The second-order valence-electron chi connectivity index (χ2n) is 7.13. The molecular weight excluding hydrogens is 340 g/mol. The van der Waals surface area contributed by atoms with Crippen molar-refractivity contribution in [2.75, 3.05) is 29.9 Å². The van der Waals surface area contributed by atoms with E-state index in [9.17, 15) is 9.59 Å². The zero-order valence-corrected chi connectivity index (χ0v) is 15.2. The standard InChI is InChI=1S/C21H24N4O2/c26-20-12-16(14-22-20)21(27)23-13-15-2-4-17(5-3-15)24-18-6-8-19(9-7-18)25-10-1-11-25/h2-9,16,24H,1,10-14H2,(H,22,26)(H,23,27). The van der Waals surface area contributed by atoms with Crippen LogP contribution in [0.3, 0.4) is 0 Å². The van der Waals surface area contributed by atoms with Crippen LogP contribution in [0.25, 0.3) is 0 Å². The van der Waals surface area contributed by atoms with Crippen molar-refractivity contribution in [1.82, 2.24) is 10.6 Å². The van der Waals surface area contributed by atoms with Gasteiger partial charge in [-0.2, -0.15) is 0 Å². The third-order valence-electron chi connectivity index (χ3n) is 5.15. The van der Waals surface area contributed by atoms with Gasteiger partial charge in [-0.25, -0.2) is 0 Å². The maximum atomic E-state index is 12.1. The highest BCUT2D eigenvalue weighted by molar-refractivity contribution is 5.89. The molecule has 2 fully saturated rings. The highest BCUT2D eigenvalue weighted by atomic mass is 16.2. The van der Waals surface area contributed by atoms with Crippen molar-refractivity contribution in [3.05, 3.63) is 54.1 Å². The first-order valence-corrected chi connectivity index (χ1v) is 9.43. The highest BCUT2D eigenvalue weighted by Crippen LogP contribution is 2.24. The molecule has 140 valence electrons. The molecule has 27 heavy (non-hydrogen) atoms. The second kappa shape index (κ2) is 7.70. The molecule has 2 aliphatic rings. The Kier molecular flexibility index (Phi) is 4.96. The summed E-state index contributed by atoms with van der Waals surface area (Å²) in [5.41, 5.74) is 4.36. The van der Waals surface area contributed by atoms with Crippen molar-refractivity contribution in [3.8, 4) is 0 Å². The molecule has 6 heteroatoms. The zero-order valence-electron chi connectivity index (χ0n) is 15.2. The summed E-state index contributed by atoms with van der Waals surface area (Å²) in [6, 6.07) is 16.5. The van der Waals surface area contributed by atoms with Crippen LogP contribution in [0.5, 0.6) is 0 Å². The van der Waals surface area contributed by atoms with E-state index in [1.54, 1.807) is 0 Å². The number of carbonyl (C=O) groups excluding carboxylic acids is 2. The Morgan fingerprint density at radius 3 is 2.26 bits per heavy atom. The van der Waals surface area contributed by atoms with Crippen molar-refractivity contribution >= 4 is 28.9 Å². The molecule has 0 aromatic heterocycles. The van der Waals surface area contributed by atoms with Crippen LogP contribution in [0, 0.1) is 5.92 Å². The second-order valence-corrected chi connectivity index (χ2v) is 7.13. The van der Waals surface area contributed by atoms with E-state index in [4.69, 9.17) is 0 Å². The summed E-state index contributed by atoms with van der Waals surface area (Å²) in [7, 11) is 0. The molecule has 0 saturated carbocycles. The summed E-state index contributed by atoms with van der Waals surface area (Å²) in [5, 5.41) is 8.98. The van der Waals surface area contributed by atoms with Gasteiger partial charge in [0.1, 0.15) is 0 Å². The number of rotatable bonds is 6. The van der Waals surface area contributed by atoms with Crippen LogP contribution in [-0.2, 0) is 16.1 Å². The number of amides is 2. The van der Waals surface area contributed by atoms with Gasteiger partial charge in [0.15, 0.2) is 0 Å². The van der Waals surface area contributed by atoms with Gasteiger partial charge in [-0.05, 0) is 48.4 Å². The van der Waals surface area contributed by atoms with Crippen LogP contribution in [0.1, 0.15) is 18.4 Å². The molecule has 3 N–H and O–H groups in total. The summed E-state index contributed by atoms with van der Waals surface area (Å²) in [6.07, 6.45) is 1.56. The van der Waals surface area contributed by atoms with E-state index in [2.05, 4.69) is 45.1 Å². The molecule has 2 aliphatic heterocycles. The molecule has 0 aliphatic carbocycles. The van der Waals surface area contributed by atoms with Crippen LogP contribution in [0.4, 0.5) is 17.1 Å². The van der Waals surface area contributed by atoms with Crippen LogP contribution in [0.15, 0.2) is 48.5 Å². The first kappa shape index (κ1) is 17.4. The SMILES string of the molecule is O=C1CC(C(=O)NCc2ccc(Nc3ccc(N4CCC4)cc3)cc2)CN1. The van der Waals surface area contributed by atoms with E-state index in [-0.39, 0.29) is 24.2 Å². The third kappa shape index (κ3) is 4.22. The molecular formula is C21H24N4O2. The monoisotopic (exact) mass is 364 g/mol. The van der Waals surface area contributed by atoms with Gasteiger partial charge in [-0.1, -0.05) is 12.1 Å². The number of anilines is 3. The predicted molar refractivity (Wildman–Crippen MR) is 106 cm³/mol. The molecule has 1 atom stereocenters. The molecule has 0 radical (unpaired) electrons. The Hall–Kier alpha value is -3.02. The number of hydrogen-bond acceptors (Lipinski definition) is 4. The zero-order chi connectivity index (χ0) is 18.6. The summed E-state index contributed by atoms with van der Waals surface area (Å²) in [5.74, 6) is -0.376. The molecule has 2 amide bonds. The molecule has 2 aromatic rings. The van der Waals surface area contributed by atoms with Gasteiger partial charge in [0, 0.05) is 49.7 Å². The largest absolute Gasteiger partial charge is 0.371 e. The topological polar surface area (TPSA) is 73.5 Å². The van der Waals surface area contributed by atoms with Gasteiger partial charge in [0.05, 0.1) is 5.92 Å². The lowest BCUT2D eigenvalue weighted by Gasteiger charge is -2.33. The van der Waals surface area contributed by atoms with E-state index in [1.165, 1.54) is 12.1 Å². The van der Waals surface area contributed by atoms with Crippen molar-refractivity contribution in [2.45, 2.75) is 19.4 Å². The van der Waals surface area contributed by atoms with Crippen LogP contribution in [0.2, 0.25) is 0 Å². The molecule has 0 spiro atoms. The summed E-state index contributed by atoms with van der Waals surface area (Å²) >= 11 is 0. The Balaban J connectivity index is 1.28. The lowest BCUT2D eigenvalue weighted by molar-refractivity contribution is -0.126. The molecule has 2 saturated heterocycles. The van der Waals surface area contributed by atoms with Crippen LogP contribution in [-0.4, -0.2) is 31.4 Å². The fourth-order valence-corrected chi connectivity index (χ4v) is 3.33. The van der Waals surface area contributed by atoms with Crippen molar-refractivity contribution < 1.29 is 9.59 Å². The first-order valence-electron chi connectivity index (χ1n) is 9.43. The number of nitrogens with one attached hydrogen (secondary N) is 3. The quantitative estimate of drug-likeness (QED) is 0.736. The molecule has 4 rings (SSSR count). The number of carbonyl (C=O) groups is 2. The predicted octanol–water partition coefficient (Wildman–Crippen LogP) is 2.39. The minimum atomic E-state index is -0.252. The van der Waals surface area contributed by atoms with Crippen LogP contribution < -0.4 is 20.9 Å². The van der Waals surface area contributed by atoms with E-state index in [1.807, 2.05) is 24.3 Å². The van der Waals surface area contributed by atoms with Crippen LogP contribution >= 0.6 is 0 Å².